The number of likely N-dealkylation sites (tertiary alicyclic amines) is 1. The highest BCUT2D eigenvalue weighted by molar-refractivity contribution is 14.0. The first-order chi connectivity index (χ1) is 15.2. The van der Waals surface area contributed by atoms with Crippen LogP contribution >= 0.6 is 24.0 Å². The minimum absolute atomic E-state index is 0. The highest BCUT2D eigenvalue weighted by Crippen LogP contribution is 2.26. The topological polar surface area (TPSA) is 69.2 Å². The molecule has 4 rings (SSSR count). The minimum Gasteiger partial charge on any atom is -0.373 e. The number of amides is 1. The van der Waals surface area contributed by atoms with E-state index in [2.05, 4.69) is 57.7 Å². The fourth-order valence-corrected chi connectivity index (χ4v) is 4.66. The maximum atomic E-state index is 12.0. The Labute approximate surface area is 209 Å². The molecule has 1 amide bonds. The minimum atomic E-state index is 0. The molecule has 8 heteroatoms. The van der Waals surface area contributed by atoms with Gasteiger partial charge in [0.2, 0.25) is 5.91 Å². The van der Waals surface area contributed by atoms with Crippen LogP contribution in [-0.4, -0.2) is 79.7 Å². The van der Waals surface area contributed by atoms with Crippen LogP contribution in [0, 0.1) is 5.92 Å². The smallest absolute Gasteiger partial charge is 0.223 e. The van der Waals surface area contributed by atoms with Crippen LogP contribution in [-0.2, 0) is 16.1 Å². The third-order valence-corrected chi connectivity index (χ3v) is 6.65. The SMILES string of the molecule is CCNC(=NCCCNC(=O)C1CCC1)N1CC2OCCN(Cc3ccccc3)C2C1.I. The van der Waals surface area contributed by atoms with Gasteiger partial charge in [-0.05, 0) is 31.7 Å². The van der Waals surface area contributed by atoms with E-state index in [-0.39, 0.29) is 41.9 Å². The van der Waals surface area contributed by atoms with Crippen molar-refractivity contribution >= 4 is 35.8 Å². The number of morpholine rings is 1. The molecular weight excluding hydrogens is 517 g/mol. The van der Waals surface area contributed by atoms with E-state index < -0.39 is 0 Å². The molecule has 178 valence electrons. The number of guanidine groups is 1. The molecule has 2 unspecified atom stereocenters. The van der Waals surface area contributed by atoms with Gasteiger partial charge in [-0.15, -0.1) is 24.0 Å². The van der Waals surface area contributed by atoms with E-state index in [1.54, 1.807) is 0 Å². The van der Waals surface area contributed by atoms with Crippen molar-refractivity contribution in [3.05, 3.63) is 35.9 Å². The normalized spacial score (nSPS) is 23.8. The first kappa shape index (κ1) is 25.2. The molecule has 0 aromatic heterocycles. The lowest BCUT2D eigenvalue weighted by molar-refractivity contribution is -0.127. The van der Waals surface area contributed by atoms with Crippen molar-refractivity contribution in [2.24, 2.45) is 10.9 Å². The number of fused-ring (bicyclic) bond motifs is 1. The molecule has 0 spiro atoms. The fraction of sp³-hybridized carbons (Fsp3) is 0.667. The standard InChI is InChI=1S/C24H37N5O2.HI/c1-2-25-24(27-13-7-12-26-23(30)20-10-6-11-20)29-17-21-22(18-29)31-15-14-28(21)16-19-8-4-3-5-9-19;/h3-5,8-9,20-22H,2,6-7,10-18H2,1H3,(H,25,27)(H,26,30);1H. The maximum absolute atomic E-state index is 12.0. The van der Waals surface area contributed by atoms with E-state index in [9.17, 15) is 4.79 Å². The number of nitrogens with one attached hydrogen (secondary N) is 2. The zero-order valence-corrected chi connectivity index (χ0v) is 21.5. The first-order valence-corrected chi connectivity index (χ1v) is 11.9. The number of rotatable bonds is 8. The van der Waals surface area contributed by atoms with Crippen LogP contribution in [0.2, 0.25) is 0 Å². The van der Waals surface area contributed by atoms with Crippen LogP contribution < -0.4 is 10.6 Å². The lowest BCUT2D eigenvalue weighted by Crippen LogP contribution is -2.50. The summed E-state index contributed by atoms with van der Waals surface area (Å²) < 4.78 is 6.12. The largest absolute Gasteiger partial charge is 0.373 e. The monoisotopic (exact) mass is 555 g/mol. The lowest BCUT2D eigenvalue weighted by atomic mass is 9.85. The second-order valence-electron chi connectivity index (χ2n) is 8.85. The van der Waals surface area contributed by atoms with Crippen LogP contribution in [0.1, 0.15) is 38.2 Å². The van der Waals surface area contributed by atoms with E-state index in [1.165, 1.54) is 12.0 Å². The molecule has 7 nitrogen and oxygen atoms in total. The van der Waals surface area contributed by atoms with Crippen LogP contribution in [0.4, 0.5) is 0 Å². The average Bonchev–Trinajstić information content (AvgIpc) is 3.17. The number of carbonyl (C=O) groups excluding carboxylic acids is 1. The van der Waals surface area contributed by atoms with E-state index in [0.717, 1.165) is 64.6 Å². The molecule has 2 saturated heterocycles. The Balaban J connectivity index is 0.00000289. The Morgan fingerprint density at radius 2 is 2.00 bits per heavy atom. The quantitative estimate of drug-likeness (QED) is 0.223. The number of hydrogen-bond acceptors (Lipinski definition) is 4. The van der Waals surface area contributed by atoms with Gasteiger partial charge in [-0.25, -0.2) is 0 Å². The molecule has 1 aromatic rings. The van der Waals surface area contributed by atoms with Crippen molar-refractivity contribution in [3.63, 3.8) is 0 Å². The van der Waals surface area contributed by atoms with Crippen molar-refractivity contribution < 1.29 is 9.53 Å². The van der Waals surface area contributed by atoms with Crippen molar-refractivity contribution in [1.82, 2.24) is 20.4 Å². The fourth-order valence-electron chi connectivity index (χ4n) is 4.66. The van der Waals surface area contributed by atoms with Gasteiger partial charge in [0, 0.05) is 51.7 Å². The molecule has 32 heavy (non-hydrogen) atoms. The highest BCUT2D eigenvalue weighted by Gasteiger charge is 2.41. The molecule has 2 N–H and O–H groups in total. The number of nitrogens with zero attached hydrogens (tertiary/aromatic N) is 3. The maximum Gasteiger partial charge on any atom is 0.223 e. The van der Waals surface area contributed by atoms with Gasteiger partial charge in [-0.1, -0.05) is 36.8 Å². The van der Waals surface area contributed by atoms with Gasteiger partial charge in [0.1, 0.15) is 0 Å². The summed E-state index contributed by atoms with van der Waals surface area (Å²) in [6, 6.07) is 11.1. The Bertz CT molecular complexity index is 743. The molecule has 3 fully saturated rings. The third-order valence-electron chi connectivity index (χ3n) is 6.65. The molecule has 2 heterocycles. The van der Waals surface area contributed by atoms with Crippen LogP contribution in [0.3, 0.4) is 0 Å². The van der Waals surface area contributed by atoms with Crippen molar-refractivity contribution in [2.75, 3.05) is 45.9 Å². The summed E-state index contributed by atoms with van der Waals surface area (Å²) in [4.78, 5) is 21.7. The summed E-state index contributed by atoms with van der Waals surface area (Å²) in [7, 11) is 0. The zero-order valence-electron chi connectivity index (χ0n) is 19.2. The Morgan fingerprint density at radius 3 is 2.72 bits per heavy atom. The summed E-state index contributed by atoms with van der Waals surface area (Å²) in [5, 5.41) is 6.51. The zero-order chi connectivity index (χ0) is 21.5. The molecule has 3 aliphatic rings. The molecule has 1 saturated carbocycles. The number of carbonyl (C=O) groups is 1. The summed E-state index contributed by atoms with van der Waals surface area (Å²) in [5.41, 5.74) is 1.35. The average molecular weight is 556 g/mol. The third kappa shape index (κ3) is 6.57. The summed E-state index contributed by atoms with van der Waals surface area (Å²) >= 11 is 0. The number of hydrogen-bond donors (Lipinski definition) is 2. The molecule has 0 radical (unpaired) electrons. The predicted octanol–water partition coefficient (Wildman–Crippen LogP) is 2.46. The Kier molecular flexibility index (Phi) is 10.1. The van der Waals surface area contributed by atoms with Gasteiger partial charge >= 0.3 is 0 Å². The highest BCUT2D eigenvalue weighted by atomic mass is 127. The molecule has 2 aliphatic heterocycles. The van der Waals surface area contributed by atoms with Gasteiger partial charge in [0.25, 0.3) is 0 Å². The van der Waals surface area contributed by atoms with Gasteiger partial charge in [0.15, 0.2) is 5.96 Å². The summed E-state index contributed by atoms with van der Waals surface area (Å²) in [5.74, 6) is 1.44. The Morgan fingerprint density at radius 1 is 1.19 bits per heavy atom. The lowest BCUT2D eigenvalue weighted by Gasteiger charge is -2.36. The molecule has 1 aliphatic carbocycles. The van der Waals surface area contributed by atoms with Crippen molar-refractivity contribution in [2.45, 2.75) is 51.3 Å². The first-order valence-electron chi connectivity index (χ1n) is 11.9. The van der Waals surface area contributed by atoms with Crippen LogP contribution in [0.15, 0.2) is 35.3 Å². The molecule has 1 aromatic carbocycles. The van der Waals surface area contributed by atoms with Gasteiger partial charge < -0.3 is 20.3 Å². The Hall–Kier alpha value is -1.39. The van der Waals surface area contributed by atoms with Crippen LogP contribution in [0.5, 0.6) is 0 Å². The van der Waals surface area contributed by atoms with Gasteiger partial charge in [0.05, 0.1) is 18.8 Å². The molecular formula is C24H38IN5O2. The molecule has 2 atom stereocenters. The number of halogens is 1. The van der Waals surface area contributed by atoms with E-state index in [4.69, 9.17) is 9.73 Å². The van der Waals surface area contributed by atoms with Crippen molar-refractivity contribution in [3.8, 4) is 0 Å². The predicted molar refractivity (Wildman–Crippen MR) is 138 cm³/mol. The van der Waals surface area contributed by atoms with Gasteiger partial charge in [-0.3, -0.25) is 14.7 Å². The summed E-state index contributed by atoms with van der Waals surface area (Å²) in [6.45, 7) is 8.91. The number of aliphatic imine (C=N–C) groups is 1. The van der Waals surface area contributed by atoms with E-state index in [0.29, 0.717) is 19.1 Å². The second-order valence-corrected chi connectivity index (χ2v) is 8.85. The second kappa shape index (κ2) is 12.7. The van der Waals surface area contributed by atoms with E-state index >= 15 is 0 Å². The molecule has 0 bridgehead atoms. The number of benzene rings is 1. The van der Waals surface area contributed by atoms with Gasteiger partial charge in [-0.2, -0.15) is 0 Å². The van der Waals surface area contributed by atoms with E-state index in [1.807, 2.05) is 0 Å². The van der Waals surface area contributed by atoms with Crippen LogP contribution in [0.25, 0.3) is 0 Å². The van der Waals surface area contributed by atoms with Crippen molar-refractivity contribution in [1.29, 1.82) is 0 Å². The summed E-state index contributed by atoms with van der Waals surface area (Å²) in [6.07, 6.45) is 4.39. The number of ether oxygens (including phenoxy) is 1.